The van der Waals surface area contributed by atoms with Gasteiger partial charge in [0.1, 0.15) is 11.4 Å². The Hall–Kier alpha value is -0.407. The van der Waals surface area contributed by atoms with Crippen molar-refractivity contribution in [2.45, 2.75) is 26.6 Å². The van der Waals surface area contributed by atoms with Crippen molar-refractivity contribution in [1.82, 2.24) is 9.97 Å². The van der Waals surface area contributed by atoms with Gasteiger partial charge in [0.15, 0.2) is 0 Å². The number of nitro groups is 1. The van der Waals surface area contributed by atoms with E-state index in [1.54, 1.807) is 19.1 Å². The van der Waals surface area contributed by atoms with Gasteiger partial charge in [-0.05, 0) is 31.6 Å². The van der Waals surface area contributed by atoms with Crippen LogP contribution >= 0.6 is 11.6 Å². The summed E-state index contributed by atoms with van der Waals surface area (Å²) in [5, 5.41) is 27.1. The van der Waals surface area contributed by atoms with Crippen LogP contribution in [0.3, 0.4) is 0 Å². The Kier molecular flexibility index (Phi) is 17.2. The van der Waals surface area contributed by atoms with Crippen LogP contribution in [0.5, 0.6) is 0 Å². The number of ether oxygens (including phenoxy) is 1. The second-order valence-electron chi connectivity index (χ2n) is 5.76. The van der Waals surface area contributed by atoms with Crippen LogP contribution in [0.25, 0.3) is 0 Å². The number of alkyl halides is 3. The van der Waals surface area contributed by atoms with Crippen molar-refractivity contribution < 1.29 is 145 Å². The van der Waals surface area contributed by atoms with Crippen LogP contribution in [0.2, 0.25) is 5.15 Å². The third-order valence-corrected chi connectivity index (χ3v) is 3.76. The molecule has 0 aromatic carbocycles. The van der Waals surface area contributed by atoms with Gasteiger partial charge in [0.25, 0.3) is 0 Å². The Labute approximate surface area is 281 Å². The maximum Gasteiger partial charge on any atom is 1.00 e. The minimum Gasteiger partial charge on any atom is -0.652 e. The van der Waals surface area contributed by atoms with Crippen molar-refractivity contribution in [1.29, 1.82) is 0 Å². The quantitative estimate of drug-likeness (QED) is 0.155. The molecule has 2 rings (SSSR count). The van der Waals surface area contributed by atoms with Crippen LogP contribution in [0.4, 0.5) is 34.1 Å². The van der Waals surface area contributed by atoms with Gasteiger partial charge in [0.2, 0.25) is 5.15 Å². The standard InChI is InChI=1S/C16H14ClF3N4O4.CH2O3.2K/c1-3-28-15(25)23(8-10-5-4-9(2)21-7-10)11-6-12(16(18,19)20)22-14(17)13(11)24(26)27;2-1(3)4;;/h4-7H,3,8H2,1-2H3;(H2,2,3,4);;/q;;2*+1/p-2. The number of hydrogen-bond donors (Lipinski definition) is 0. The van der Waals surface area contributed by atoms with Gasteiger partial charge in [-0.1, -0.05) is 17.7 Å². The zero-order valence-corrected chi connectivity index (χ0v) is 25.4. The molecule has 2 aromatic rings. The molecule has 2 aromatic heterocycles. The van der Waals surface area contributed by atoms with Gasteiger partial charge in [0, 0.05) is 18.0 Å². The molecule has 0 aliphatic heterocycles. The van der Waals surface area contributed by atoms with Crippen molar-refractivity contribution in [3.63, 3.8) is 0 Å². The van der Waals surface area contributed by atoms with E-state index in [4.69, 9.17) is 31.3 Å². The minimum absolute atomic E-state index is 0. The molecule has 1 amide bonds. The van der Waals surface area contributed by atoms with Crippen molar-refractivity contribution in [3.05, 3.63) is 56.6 Å². The van der Waals surface area contributed by atoms with E-state index in [-0.39, 0.29) is 116 Å². The number of rotatable bonds is 5. The number of halogens is 4. The predicted octanol–water partition coefficient (Wildman–Crippen LogP) is -3.91. The van der Waals surface area contributed by atoms with Crippen molar-refractivity contribution in [2.75, 3.05) is 11.5 Å². The largest absolute Gasteiger partial charge is 1.00 e. The number of carboxylic acid groups (broad SMARTS) is 2. The maximum absolute atomic E-state index is 13.1. The topological polar surface area (TPSA) is 162 Å². The summed E-state index contributed by atoms with van der Waals surface area (Å²) in [4.78, 5) is 38.9. The molecule has 0 radical (unpaired) electrons. The second-order valence-corrected chi connectivity index (χ2v) is 6.12. The minimum atomic E-state index is -4.93. The molecule has 0 aliphatic rings. The summed E-state index contributed by atoms with van der Waals surface area (Å²) in [6.07, 6.45) is -6.96. The van der Waals surface area contributed by atoms with Crippen molar-refractivity contribution in [2.24, 2.45) is 0 Å². The second kappa shape index (κ2) is 16.4. The molecular formula is C17H14ClF3K2N4O7. The summed E-state index contributed by atoms with van der Waals surface area (Å²) in [5.41, 5.74) is -2.02. The average molecular weight is 557 g/mol. The summed E-state index contributed by atoms with van der Waals surface area (Å²) in [6.45, 7) is 2.78. The van der Waals surface area contributed by atoms with Crippen LogP contribution < -0.4 is 118 Å². The average Bonchev–Trinajstić information content (AvgIpc) is 2.65. The van der Waals surface area contributed by atoms with Gasteiger partial charge in [-0.25, -0.2) is 9.78 Å². The normalized spacial score (nSPS) is 9.94. The van der Waals surface area contributed by atoms with Crippen LogP contribution in [-0.2, 0) is 17.5 Å². The molecule has 0 atom stereocenters. The van der Waals surface area contributed by atoms with E-state index in [2.05, 4.69) is 9.97 Å². The Balaban J connectivity index is 0. The Bertz CT molecular complexity index is 994. The first kappa shape index (κ1) is 35.8. The van der Waals surface area contributed by atoms with Crippen LogP contribution in [0.15, 0.2) is 24.4 Å². The predicted molar refractivity (Wildman–Crippen MR) is 98.5 cm³/mol. The molecule has 34 heavy (non-hydrogen) atoms. The fourth-order valence-electron chi connectivity index (χ4n) is 2.24. The van der Waals surface area contributed by atoms with Crippen LogP contribution in [-0.4, -0.2) is 33.7 Å². The summed E-state index contributed by atoms with van der Waals surface area (Å²) in [6, 6.07) is 3.59. The maximum atomic E-state index is 13.1. The summed E-state index contributed by atoms with van der Waals surface area (Å²) in [7, 11) is 0. The number of amides is 1. The van der Waals surface area contributed by atoms with Crippen molar-refractivity contribution >= 4 is 35.2 Å². The van der Waals surface area contributed by atoms with Gasteiger partial charge in [-0.3, -0.25) is 20.0 Å². The SMILES string of the molecule is CCOC(=O)N(Cc1ccc(C)nc1)c1cc(C(F)(F)F)nc(Cl)c1[N+](=O)[O-].O=C([O-])[O-].[K+].[K+]. The molecule has 17 heteroatoms. The molecule has 0 bridgehead atoms. The molecule has 0 aliphatic carbocycles. The third kappa shape index (κ3) is 11.6. The fraction of sp³-hybridized carbons (Fsp3) is 0.294. The zero-order chi connectivity index (χ0) is 24.6. The molecule has 2 heterocycles. The van der Waals surface area contributed by atoms with Gasteiger partial charge >= 0.3 is 121 Å². The number of aryl methyl sites for hydroxylation is 1. The molecule has 0 saturated carbocycles. The molecule has 0 fully saturated rings. The van der Waals surface area contributed by atoms with E-state index in [9.17, 15) is 28.1 Å². The van der Waals surface area contributed by atoms with Gasteiger partial charge in [-0.15, -0.1) is 0 Å². The number of carbonyl (C=O) groups excluding carboxylic acids is 2. The Morgan fingerprint density at radius 2 is 1.79 bits per heavy atom. The number of anilines is 1. The van der Waals surface area contributed by atoms with E-state index >= 15 is 0 Å². The molecule has 0 saturated heterocycles. The van der Waals surface area contributed by atoms with Gasteiger partial charge in [0.05, 0.1) is 18.1 Å². The summed E-state index contributed by atoms with van der Waals surface area (Å²) < 4.78 is 44.2. The summed E-state index contributed by atoms with van der Waals surface area (Å²) in [5.74, 6) is 0. The number of hydrogen-bond acceptors (Lipinski definition) is 9. The first-order valence-electron chi connectivity index (χ1n) is 8.43. The van der Waals surface area contributed by atoms with Crippen LogP contribution in [0.1, 0.15) is 23.9 Å². The van der Waals surface area contributed by atoms with Crippen molar-refractivity contribution in [3.8, 4) is 0 Å². The number of nitrogens with zero attached hydrogens (tertiary/aromatic N) is 4. The molecule has 0 spiro atoms. The van der Waals surface area contributed by atoms with Crippen LogP contribution in [0, 0.1) is 17.0 Å². The number of pyridine rings is 2. The Morgan fingerprint density at radius 1 is 1.24 bits per heavy atom. The molecule has 174 valence electrons. The third-order valence-electron chi connectivity index (χ3n) is 3.50. The van der Waals surface area contributed by atoms with E-state index < -0.39 is 45.6 Å². The van der Waals surface area contributed by atoms with E-state index in [1.165, 1.54) is 13.1 Å². The first-order chi connectivity index (χ1) is 14.8. The molecular weight excluding hydrogens is 543 g/mol. The van der Waals surface area contributed by atoms with Gasteiger partial charge in [-0.2, -0.15) is 13.2 Å². The zero-order valence-electron chi connectivity index (χ0n) is 18.4. The fourth-order valence-corrected chi connectivity index (χ4v) is 2.50. The number of aromatic nitrogens is 2. The molecule has 0 N–H and O–H groups in total. The van der Waals surface area contributed by atoms with E-state index in [1.807, 2.05) is 0 Å². The summed E-state index contributed by atoms with van der Waals surface area (Å²) >= 11 is 5.64. The Morgan fingerprint density at radius 3 is 2.21 bits per heavy atom. The van der Waals surface area contributed by atoms with Gasteiger partial charge < -0.3 is 19.7 Å². The smallest absolute Gasteiger partial charge is 0.652 e. The molecule has 11 nitrogen and oxygen atoms in total. The van der Waals surface area contributed by atoms with E-state index in [0.717, 1.165) is 0 Å². The monoisotopic (exact) mass is 556 g/mol. The number of carbonyl (C=O) groups is 2. The first-order valence-corrected chi connectivity index (χ1v) is 8.81. The molecule has 0 unspecified atom stereocenters. The van der Waals surface area contributed by atoms with E-state index in [0.29, 0.717) is 22.2 Å².